The van der Waals surface area contributed by atoms with Crippen molar-refractivity contribution in [3.05, 3.63) is 11.4 Å². The van der Waals surface area contributed by atoms with E-state index in [0.717, 1.165) is 19.4 Å². The Hall–Kier alpha value is -1.47. The summed E-state index contributed by atoms with van der Waals surface area (Å²) in [4.78, 5) is 11.0. The number of aromatic carboxylic acids is 1. The maximum atomic E-state index is 11.0. The molecule has 0 aliphatic carbocycles. The van der Waals surface area contributed by atoms with Gasteiger partial charge in [0.15, 0.2) is 5.69 Å². The number of ether oxygens (including phenoxy) is 1. The predicted molar refractivity (Wildman–Crippen MR) is 58.7 cm³/mol. The zero-order chi connectivity index (χ0) is 12.3. The first-order valence-electron chi connectivity index (χ1n) is 5.69. The SMILES string of the molecule is NCCc1c(C(=O)O)nnn1CC1CCCO1. The van der Waals surface area contributed by atoms with Gasteiger partial charge in [-0.3, -0.25) is 0 Å². The van der Waals surface area contributed by atoms with Crippen LogP contribution in [0.4, 0.5) is 0 Å². The second-order valence-corrected chi connectivity index (χ2v) is 4.05. The smallest absolute Gasteiger partial charge is 0.358 e. The van der Waals surface area contributed by atoms with E-state index in [9.17, 15) is 4.79 Å². The highest BCUT2D eigenvalue weighted by Crippen LogP contribution is 2.15. The zero-order valence-electron chi connectivity index (χ0n) is 9.50. The van der Waals surface area contributed by atoms with Gasteiger partial charge in [-0.2, -0.15) is 0 Å². The lowest BCUT2D eigenvalue weighted by molar-refractivity contribution is 0.0688. The Balaban J connectivity index is 2.17. The van der Waals surface area contributed by atoms with Crippen LogP contribution in [0.25, 0.3) is 0 Å². The number of carboxylic acids is 1. The van der Waals surface area contributed by atoms with Crippen LogP contribution in [-0.2, 0) is 17.7 Å². The second kappa shape index (κ2) is 5.24. The number of hydrogen-bond acceptors (Lipinski definition) is 5. The molecule has 3 N–H and O–H groups in total. The van der Waals surface area contributed by atoms with E-state index in [1.165, 1.54) is 0 Å². The summed E-state index contributed by atoms with van der Waals surface area (Å²) in [6.07, 6.45) is 2.58. The summed E-state index contributed by atoms with van der Waals surface area (Å²) in [7, 11) is 0. The summed E-state index contributed by atoms with van der Waals surface area (Å²) in [5.74, 6) is -1.06. The fourth-order valence-electron chi connectivity index (χ4n) is 2.01. The van der Waals surface area contributed by atoms with Crippen molar-refractivity contribution >= 4 is 5.97 Å². The molecule has 1 aliphatic rings. The molecule has 1 saturated heterocycles. The van der Waals surface area contributed by atoms with E-state index >= 15 is 0 Å². The van der Waals surface area contributed by atoms with Crippen LogP contribution in [0.3, 0.4) is 0 Å². The van der Waals surface area contributed by atoms with E-state index in [2.05, 4.69) is 10.3 Å². The Labute approximate surface area is 98.5 Å². The summed E-state index contributed by atoms with van der Waals surface area (Å²) in [5, 5.41) is 16.5. The summed E-state index contributed by atoms with van der Waals surface area (Å²) in [5.41, 5.74) is 6.05. The predicted octanol–water partition coefficient (Wildman–Crippen LogP) is -0.344. The molecule has 7 heteroatoms. The Kier molecular flexibility index (Phi) is 3.70. The van der Waals surface area contributed by atoms with E-state index in [-0.39, 0.29) is 11.8 Å². The molecule has 17 heavy (non-hydrogen) atoms. The van der Waals surface area contributed by atoms with Gasteiger partial charge in [-0.05, 0) is 19.4 Å². The van der Waals surface area contributed by atoms with Gasteiger partial charge >= 0.3 is 5.97 Å². The maximum absolute atomic E-state index is 11.0. The summed E-state index contributed by atoms with van der Waals surface area (Å²) in [6, 6.07) is 0. The molecule has 0 saturated carbocycles. The molecule has 0 aromatic carbocycles. The minimum absolute atomic E-state index is 0.00607. The molecule has 0 bridgehead atoms. The molecule has 94 valence electrons. The average molecular weight is 240 g/mol. The highest BCUT2D eigenvalue weighted by Gasteiger charge is 2.22. The Morgan fingerprint density at radius 1 is 1.65 bits per heavy atom. The largest absolute Gasteiger partial charge is 0.476 e. The first kappa shape index (κ1) is 12.0. The van der Waals surface area contributed by atoms with Crippen LogP contribution in [0.15, 0.2) is 0 Å². The highest BCUT2D eigenvalue weighted by atomic mass is 16.5. The lowest BCUT2D eigenvalue weighted by atomic mass is 10.2. The van der Waals surface area contributed by atoms with Gasteiger partial charge in [0.1, 0.15) is 0 Å². The third-order valence-electron chi connectivity index (χ3n) is 2.82. The molecule has 7 nitrogen and oxygen atoms in total. The van der Waals surface area contributed by atoms with Crippen molar-refractivity contribution in [3.8, 4) is 0 Å². The highest BCUT2D eigenvalue weighted by molar-refractivity contribution is 5.86. The van der Waals surface area contributed by atoms with Crippen molar-refractivity contribution in [1.82, 2.24) is 15.0 Å². The molecule has 1 aromatic rings. The third kappa shape index (κ3) is 2.62. The molecule has 2 heterocycles. The van der Waals surface area contributed by atoms with E-state index in [1.807, 2.05) is 0 Å². The van der Waals surface area contributed by atoms with Crippen molar-refractivity contribution in [2.45, 2.75) is 31.9 Å². The van der Waals surface area contributed by atoms with Gasteiger partial charge in [-0.1, -0.05) is 5.21 Å². The van der Waals surface area contributed by atoms with Crippen LogP contribution in [0.1, 0.15) is 29.0 Å². The van der Waals surface area contributed by atoms with E-state index in [0.29, 0.717) is 25.2 Å². The number of aromatic nitrogens is 3. The molecule has 1 atom stereocenters. The van der Waals surface area contributed by atoms with E-state index < -0.39 is 5.97 Å². The maximum Gasteiger partial charge on any atom is 0.358 e. The molecule has 0 radical (unpaired) electrons. The third-order valence-corrected chi connectivity index (χ3v) is 2.82. The Morgan fingerprint density at radius 3 is 3.06 bits per heavy atom. The van der Waals surface area contributed by atoms with Crippen LogP contribution < -0.4 is 5.73 Å². The van der Waals surface area contributed by atoms with Crippen LogP contribution in [0, 0.1) is 0 Å². The van der Waals surface area contributed by atoms with Gasteiger partial charge in [-0.15, -0.1) is 5.10 Å². The molecule has 1 aliphatic heterocycles. The number of carbonyl (C=O) groups is 1. The number of nitrogens with zero attached hydrogens (tertiary/aromatic N) is 3. The van der Waals surface area contributed by atoms with Gasteiger partial charge in [0, 0.05) is 13.0 Å². The zero-order valence-corrected chi connectivity index (χ0v) is 9.50. The lowest BCUT2D eigenvalue weighted by Crippen LogP contribution is -2.20. The van der Waals surface area contributed by atoms with E-state index in [4.69, 9.17) is 15.6 Å². The molecule has 1 unspecified atom stereocenters. The van der Waals surface area contributed by atoms with E-state index in [1.54, 1.807) is 4.68 Å². The molecule has 2 rings (SSSR count). The van der Waals surface area contributed by atoms with Crippen LogP contribution in [-0.4, -0.2) is 45.3 Å². The normalized spacial score (nSPS) is 19.7. The first-order chi connectivity index (χ1) is 8.22. The first-order valence-corrected chi connectivity index (χ1v) is 5.69. The molecular weight excluding hydrogens is 224 g/mol. The quantitative estimate of drug-likeness (QED) is 0.729. The van der Waals surface area contributed by atoms with Crippen molar-refractivity contribution in [2.75, 3.05) is 13.2 Å². The summed E-state index contributed by atoms with van der Waals surface area (Å²) < 4.78 is 7.10. The van der Waals surface area contributed by atoms with Crippen molar-refractivity contribution in [2.24, 2.45) is 5.73 Å². The van der Waals surface area contributed by atoms with Crippen molar-refractivity contribution in [3.63, 3.8) is 0 Å². The van der Waals surface area contributed by atoms with Crippen LogP contribution in [0.5, 0.6) is 0 Å². The average Bonchev–Trinajstić information content (AvgIpc) is 2.90. The second-order valence-electron chi connectivity index (χ2n) is 4.05. The number of carboxylic acid groups (broad SMARTS) is 1. The van der Waals surface area contributed by atoms with Crippen molar-refractivity contribution in [1.29, 1.82) is 0 Å². The number of hydrogen-bond donors (Lipinski definition) is 2. The fourth-order valence-corrected chi connectivity index (χ4v) is 2.01. The monoisotopic (exact) mass is 240 g/mol. The van der Waals surface area contributed by atoms with Crippen molar-refractivity contribution < 1.29 is 14.6 Å². The minimum atomic E-state index is -1.06. The van der Waals surface area contributed by atoms with Gasteiger partial charge in [0.05, 0.1) is 18.3 Å². The molecular formula is C10H16N4O3. The lowest BCUT2D eigenvalue weighted by Gasteiger charge is -2.11. The minimum Gasteiger partial charge on any atom is -0.476 e. The van der Waals surface area contributed by atoms with Crippen LogP contribution >= 0.6 is 0 Å². The molecule has 0 spiro atoms. The molecule has 1 fully saturated rings. The van der Waals surface area contributed by atoms with Gasteiger partial charge in [0.2, 0.25) is 0 Å². The van der Waals surface area contributed by atoms with Gasteiger partial charge < -0.3 is 15.6 Å². The Bertz CT molecular complexity index is 398. The Morgan fingerprint density at radius 2 is 2.47 bits per heavy atom. The van der Waals surface area contributed by atoms with Gasteiger partial charge in [0.25, 0.3) is 0 Å². The summed E-state index contributed by atoms with van der Waals surface area (Å²) in [6.45, 7) is 1.69. The summed E-state index contributed by atoms with van der Waals surface area (Å²) >= 11 is 0. The standard InChI is InChI=1S/C10H16N4O3/c11-4-3-8-9(10(15)16)12-13-14(8)6-7-2-1-5-17-7/h7H,1-6,11H2,(H,15,16). The van der Waals surface area contributed by atoms with Gasteiger partial charge in [-0.25, -0.2) is 9.48 Å². The number of nitrogens with two attached hydrogens (primary N) is 1. The van der Waals surface area contributed by atoms with Crippen LogP contribution in [0.2, 0.25) is 0 Å². The molecule has 0 amide bonds. The number of rotatable bonds is 5. The fraction of sp³-hybridized carbons (Fsp3) is 0.700. The topological polar surface area (TPSA) is 103 Å². The molecule has 1 aromatic heterocycles.